The molecule has 0 spiro atoms. The second-order valence-electron chi connectivity index (χ2n) is 1.77. The molecule has 10 heavy (non-hydrogen) atoms. The predicted molar refractivity (Wildman–Crippen MR) is 30.7 cm³/mol. The van der Waals surface area contributed by atoms with Gasteiger partial charge in [-0.1, -0.05) is 0 Å². The molecule has 0 saturated carbocycles. The van der Waals surface area contributed by atoms with E-state index in [-0.39, 0.29) is 0 Å². The van der Waals surface area contributed by atoms with E-state index in [0.717, 1.165) is 0 Å². The van der Waals surface area contributed by atoms with E-state index in [4.69, 9.17) is 5.11 Å². The van der Waals surface area contributed by atoms with E-state index in [0.29, 0.717) is 0 Å². The lowest BCUT2D eigenvalue weighted by Gasteiger charge is -2.17. The van der Waals surface area contributed by atoms with Crippen LogP contribution in [-0.2, 0) is 14.4 Å². The molecule has 1 rings (SSSR count). The maximum absolute atomic E-state index is 10.4. The molecule has 0 saturated heterocycles. The number of hydrogen-bond donors (Lipinski definition) is 2. The molecular weight excluding hydrogens is 138 g/mol. The Bertz CT molecular complexity index is 178. The molecule has 1 aliphatic heterocycles. The van der Waals surface area contributed by atoms with Crippen LogP contribution < -0.4 is 5.48 Å². The van der Waals surface area contributed by atoms with Gasteiger partial charge >= 0.3 is 5.97 Å². The third-order valence-electron chi connectivity index (χ3n) is 1.22. The summed E-state index contributed by atoms with van der Waals surface area (Å²) in [4.78, 5) is 14.9. The molecule has 56 valence electrons. The summed E-state index contributed by atoms with van der Waals surface area (Å²) in [6, 6.07) is 0. The smallest absolute Gasteiger partial charge is 0.358 e. The average Bonchev–Trinajstić information content (AvgIpc) is 2.35. The molecule has 5 nitrogen and oxygen atoms in total. The van der Waals surface area contributed by atoms with E-state index >= 15 is 0 Å². The van der Waals surface area contributed by atoms with Gasteiger partial charge in [0.1, 0.15) is 6.26 Å². The van der Waals surface area contributed by atoms with Crippen molar-refractivity contribution in [3.8, 4) is 0 Å². The van der Waals surface area contributed by atoms with E-state index < -0.39 is 11.7 Å². The monoisotopic (exact) mass is 145 g/mol. The van der Waals surface area contributed by atoms with Gasteiger partial charge in [0.2, 0.25) is 0 Å². The molecule has 5 heteroatoms. The maximum Gasteiger partial charge on any atom is 0.358 e. The molecule has 0 bridgehead atoms. The number of rotatable bonds is 2. The molecular formula is C5H7NO4. The molecule has 1 atom stereocenters. The summed E-state index contributed by atoms with van der Waals surface area (Å²) in [5, 5.41) is 8.54. The normalized spacial score (nSPS) is 30.1. The number of carboxylic acid groups (broad SMARTS) is 1. The lowest BCUT2D eigenvalue weighted by molar-refractivity contribution is -0.168. The van der Waals surface area contributed by atoms with E-state index in [9.17, 15) is 4.79 Å². The van der Waals surface area contributed by atoms with Gasteiger partial charge in [0, 0.05) is 13.2 Å². The van der Waals surface area contributed by atoms with Crippen molar-refractivity contribution in [3.63, 3.8) is 0 Å². The van der Waals surface area contributed by atoms with E-state index in [2.05, 4.69) is 15.1 Å². The zero-order chi connectivity index (χ0) is 7.61. The fourth-order valence-electron chi connectivity index (χ4n) is 0.597. The number of methoxy groups -OCH3 is 1. The van der Waals surface area contributed by atoms with Gasteiger partial charge in [0.25, 0.3) is 5.72 Å². The van der Waals surface area contributed by atoms with E-state index in [1.165, 1.54) is 19.4 Å². The van der Waals surface area contributed by atoms with Crippen LogP contribution in [0.1, 0.15) is 0 Å². The van der Waals surface area contributed by atoms with Crippen LogP contribution >= 0.6 is 0 Å². The maximum atomic E-state index is 10.4. The molecule has 1 heterocycles. The first kappa shape index (κ1) is 7.04. The van der Waals surface area contributed by atoms with Crippen molar-refractivity contribution in [1.29, 1.82) is 0 Å². The molecule has 0 aromatic rings. The number of hydroxylamine groups is 1. The first-order valence-electron chi connectivity index (χ1n) is 2.60. The van der Waals surface area contributed by atoms with Gasteiger partial charge in [-0.05, 0) is 0 Å². The standard InChI is InChI=1S/C5H7NO4/c1-9-5(4(7)8)2-3-10-6-5/h2-3,6H,1H3,(H,7,8). The first-order chi connectivity index (χ1) is 4.71. The molecule has 0 aromatic carbocycles. The Morgan fingerprint density at radius 1 is 1.90 bits per heavy atom. The number of nitrogens with one attached hydrogen (secondary N) is 1. The fraction of sp³-hybridized carbons (Fsp3) is 0.400. The summed E-state index contributed by atoms with van der Waals surface area (Å²) < 4.78 is 4.64. The van der Waals surface area contributed by atoms with E-state index in [1.54, 1.807) is 0 Å². The Kier molecular flexibility index (Phi) is 1.60. The highest BCUT2D eigenvalue weighted by molar-refractivity contribution is 5.79. The third-order valence-corrected chi connectivity index (χ3v) is 1.22. The fourth-order valence-corrected chi connectivity index (χ4v) is 0.597. The van der Waals surface area contributed by atoms with Crippen molar-refractivity contribution >= 4 is 5.97 Å². The highest BCUT2D eigenvalue weighted by Crippen LogP contribution is 2.13. The van der Waals surface area contributed by atoms with Crippen LogP contribution in [-0.4, -0.2) is 23.9 Å². The predicted octanol–water partition coefficient (Wildman–Crippen LogP) is -0.538. The van der Waals surface area contributed by atoms with Crippen LogP contribution in [0.5, 0.6) is 0 Å². The summed E-state index contributed by atoms with van der Waals surface area (Å²) >= 11 is 0. The minimum Gasteiger partial charge on any atom is -0.478 e. The van der Waals surface area contributed by atoms with Gasteiger partial charge < -0.3 is 14.7 Å². The Morgan fingerprint density at radius 2 is 2.60 bits per heavy atom. The molecule has 2 N–H and O–H groups in total. The summed E-state index contributed by atoms with van der Waals surface area (Å²) in [5.74, 6) is -1.14. The first-order valence-corrected chi connectivity index (χ1v) is 2.60. The molecule has 0 fully saturated rings. The number of carbonyl (C=O) groups is 1. The average molecular weight is 145 g/mol. The molecule has 0 amide bonds. The number of aliphatic carboxylic acids is 1. The number of hydrogen-bond acceptors (Lipinski definition) is 4. The van der Waals surface area contributed by atoms with Gasteiger partial charge in [-0.2, -0.15) is 0 Å². The van der Waals surface area contributed by atoms with Crippen LogP contribution in [0.4, 0.5) is 0 Å². The van der Waals surface area contributed by atoms with Crippen LogP contribution in [0.2, 0.25) is 0 Å². The van der Waals surface area contributed by atoms with Crippen molar-refractivity contribution in [3.05, 3.63) is 12.3 Å². The molecule has 1 aliphatic rings. The topological polar surface area (TPSA) is 67.8 Å². The van der Waals surface area contributed by atoms with Crippen molar-refractivity contribution < 1.29 is 19.5 Å². The van der Waals surface area contributed by atoms with E-state index in [1.807, 2.05) is 0 Å². The van der Waals surface area contributed by atoms with Crippen molar-refractivity contribution in [2.24, 2.45) is 0 Å². The van der Waals surface area contributed by atoms with Gasteiger partial charge in [-0.25, -0.2) is 4.79 Å². The van der Waals surface area contributed by atoms with Crippen LogP contribution in [0, 0.1) is 0 Å². The Labute approximate surface area is 57.2 Å². The van der Waals surface area contributed by atoms with Gasteiger partial charge in [-0.3, -0.25) is 0 Å². The minimum absolute atomic E-state index is 1.14. The Morgan fingerprint density at radius 3 is 2.80 bits per heavy atom. The van der Waals surface area contributed by atoms with Gasteiger partial charge in [0.05, 0.1) is 0 Å². The second-order valence-corrected chi connectivity index (χ2v) is 1.77. The number of carboxylic acids is 1. The lowest BCUT2D eigenvalue weighted by Crippen LogP contribution is -2.48. The minimum atomic E-state index is -1.50. The highest BCUT2D eigenvalue weighted by Gasteiger charge is 2.39. The van der Waals surface area contributed by atoms with Crippen LogP contribution in [0.15, 0.2) is 12.3 Å². The Hall–Kier alpha value is -1.07. The molecule has 0 aromatic heterocycles. The van der Waals surface area contributed by atoms with Gasteiger partial charge in [-0.15, -0.1) is 5.48 Å². The third kappa shape index (κ3) is 0.850. The van der Waals surface area contributed by atoms with Gasteiger partial charge in [0.15, 0.2) is 0 Å². The zero-order valence-electron chi connectivity index (χ0n) is 5.33. The molecule has 0 aliphatic carbocycles. The quantitative estimate of drug-likeness (QED) is 0.546. The van der Waals surface area contributed by atoms with Crippen LogP contribution in [0.3, 0.4) is 0 Å². The lowest BCUT2D eigenvalue weighted by atomic mass is 10.2. The van der Waals surface area contributed by atoms with Crippen LogP contribution in [0.25, 0.3) is 0 Å². The highest BCUT2D eigenvalue weighted by atomic mass is 16.7. The Balaban J connectivity index is 2.78. The number of ether oxygens (including phenoxy) is 1. The van der Waals surface area contributed by atoms with Crippen molar-refractivity contribution in [2.45, 2.75) is 5.72 Å². The van der Waals surface area contributed by atoms with Crippen molar-refractivity contribution in [1.82, 2.24) is 5.48 Å². The second kappa shape index (κ2) is 2.28. The molecule has 0 radical (unpaired) electrons. The zero-order valence-corrected chi connectivity index (χ0v) is 5.33. The van der Waals surface area contributed by atoms with Crippen molar-refractivity contribution in [2.75, 3.05) is 7.11 Å². The summed E-state index contributed by atoms with van der Waals surface area (Å²) in [5.41, 5.74) is 0.686. The molecule has 1 unspecified atom stereocenters. The SMILES string of the molecule is COC1(C(=O)O)C=CON1. The largest absolute Gasteiger partial charge is 0.478 e. The summed E-state index contributed by atoms with van der Waals surface area (Å²) in [7, 11) is 1.28. The summed E-state index contributed by atoms with van der Waals surface area (Å²) in [6.45, 7) is 0. The summed E-state index contributed by atoms with van der Waals surface area (Å²) in [6.07, 6.45) is 2.49.